The lowest BCUT2D eigenvalue weighted by Gasteiger charge is -2.53. The standard InChI is InChI=1S/C18H20N6O2/c1-2-7-19-14(3-1)10-25-15-6-8-26-18(9-15)11-23(12-18)17-5-4-16-21-20-13-24(16)22-17/h1-5,7,13,15H,6,8-12H2/t15-/m1/s1. The number of nitrogens with zero attached hydrogens (tertiary/aromatic N) is 6. The van der Waals surface area contributed by atoms with E-state index in [0.717, 1.165) is 49.7 Å². The van der Waals surface area contributed by atoms with Crippen molar-refractivity contribution in [2.75, 3.05) is 24.6 Å². The molecule has 0 saturated carbocycles. The molecule has 0 radical (unpaired) electrons. The van der Waals surface area contributed by atoms with E-state index >= 15 is 0 Å². The van der Waals surface area contributed by atoms with Crippen LogP contribution in [0.15, 0.2) is 42.9 Å². The Morgan fingerprint density at radius 1 is 1.23 bits per heavy atom. The molecule has 26 heavy (non-hydrogen) atoms. The number of anilines is 1. The fourth-order valence-electron chi connectivity index (χ4n) is 3.73. The number of hydrogen-bond acceptors (Lipinski definition) is 7. The lowest BCUT2D eigenvalue weighted by atomic mass is 9.84. The Hall–Kier alpha value is -2.58. The van der Waals surface area contributed by atoms with Gasteiger partial charge in [-0.25, -0.2) is 0 Å². The van der Waals surface area contributed by atoms with Gasteiger partial charge in [0.1, 0.15) is 17.7 Å². The first-order chi connectivity index (χ1) is 12.8. The predicted octanol–water partition coefficient (Wildman–Crippen LogP) is 1.47. The fourth-order valence-corrected chi connectivity index (χ4v) is 3.73. The van der Waals surface area contributed by atoms with Gasteiger partial charge in [0.2, 0.25) is 0 Å². The molecule has 2 saturated heterocycles. The molecule has 8 nitrogen and oxygen atoms in total. The van der Waals surface area contributed by atoms with Crippen molar-refractivity contribution in [3.63, 3.8) is 0 Å². The summed E-state index contributed by atoms with van der Waals surface area (Å²) in [5, 5.41) is 12.4. The van der Waals surface area contributed by atoms with E-state index < -0.39 is 0 Å². The van der Waals surface area contributed by atoms with E-state index in [2.05, 4.69) is 25.2 Å². The number of ether oxygens (including phenoxy) is 2. The largest absolute Gasteiger partial charge is 0.372 e. The summed E-state index contributed by atoms with van der Waals surface area (Å²) in [5.74, 6) is 0.919. The van der Waals surface area contributed by atoms with Crippen molar-refractivity contribution in [3.8, 4) is 0 Å². The topological polar surface area (TPSA) is 77.7 Å². The Morgan fingerprint density at radius 2 is 2.19 bits per heavy atom. The zero-order chi connectivity index (χ0) is 17.4. The maximum atomic E-state index is 6.11. The van der Waals surface area contributed by atoms with Gasteiger partial charge in [-0.2, -0.15) is 4.52 Å². The summed E-state index contributed by atoms with van der Waals surface area (Å²) in [6.45, 7) is 2.95. The third-order valence-corrected chi connectivity index (χ3v) is 5.07. The van der Waals surface area contributed by atoms with Crippen LogP contribution in [0.2, 0.25) is 0 Å². The van der Waals surface area contributed by atoms with Gasteiger partial charge in [-0.1, -0.05) is 6.07 Å². The SMILES string of the molecule is c1ccc(CO[C@@H]2CCOC3(C2)CN(c2ccc4nncn4n2)C3)nc1. The molecule has 8 heteroatoms. The van der Waals surface area contributed by atoms with Crippen LogP contribution >= 0.6 is 0 Å². The molecule has 2 fully saturated rings. The van der Waals surface area contributed by atoms with Crippen molar-refractivity contribution in [3.05, 3.63) is 48.5 Å². The second-order valence-corrected chi connectivity index (χ2v) is 6.96. The quantitative estimate of drug-likeness (QED) is 0.704. The van der Waals surface area contributed by atoms with Gasteiger partial charge in [-0.3, -0.25) is 4.98 Å². The van der Waals surface area contributed by atoms with Crippen molar-refractivity contribution >= 4 is 11.5 Å². The molecule has 0 aliphatic carbocycles. The number of aromatic nitrogens is 5. The van der Waals surface area contributed by atoms with Gasteiger partial charge in [0.05, 0.1) is 31.5 Å². The zero-order valence-electron chi connectivity index (χ0n) is 14.4. The van der Waals surface area contributed by atoms with Crippen molar-refractivity contribution in [1.82, 2.24) is 24.8 Å². The molecule has 5 heterocycles. The molecule has 0 aromatic carbocycles. The molecule has 0 N–H and O–H groups in total. The first-order valence-corrected chi connectivity index (χ1v) is 8.87. The van der Waals surface area contributed by atoms with Gasteiger partial charge in [-0.05, 0) is 30.7 Å². The highest BCUT2D eigenvalue weighted by Crippen LogP contribution is 2.37. The van der Waals surface area contributed by atoms with E-state index in [1.54, 1.807) is 17.0 Å². The average molecular weight is 352 g/mol. The minimum absolute atomic E-state index is 0.128. The maximum absolute atomic E-state index is 6.11. The second kappa shape index (κ2) is 6.30. The van der Waals surface area contributed by atoms with Crippen LogP contribution in [0.1, 0.15) is 18.5 Å². The monoisotopic (exact) mass is 352 g/mol. The van der Waals surface area contributed by atoms with Crippen LogP contribution in [-0.2, 0) is 16.1 Å². The van der Waals surface area contributed by atoms with Crippen LogP contribution in [0.25, 0.3) is 5.65 Å². The lowest BCUT2D eigenvalue weighted by molar-refractivity contribution is -0.148. The first kappa shape index (κ1) is 15.7. The highest BCUT2D eigenvalue weighted by atomic mass is 16.5. The molecular weight excluding hydrogens is 332 g/mol. The van der Waals surface area contributed by atoms with E-state index in [0.29, 0.717) is 6.61 Å². The molecule has 0 unspecified atom stereocenters. The molecule has 1 spiro atoms. The molecule has 2 aliphatic heterocycles. The van der Waals surface area contributed by atoms with Gasteiger partial charge in [0.15, 0.2) is 5.65 Å². The fraction of sp³-hybridized carbons (Fsp3) is 0.444. The second-order valence-electron chi connectivity index (χ2n) is 6.96. The van der Waals surface area contributed by atoms with E-state index in [9.17, 15) is 0 Å². The smallest absolute Gasteiger partial charge is 0.177 e. The zero-order valence-corrected chi connectivity index (χ0v) is 14.4. The number of fused-ring (bicyclic) bond motifs is 1. The Balaban J connectivity index is 1.20. The average Bonchev–Trinajstić information content (AvgIpc) is 3.13. The summed E-state index contributed by atoms with van der Waals surface area (Å²) in [6, 6.07) is 9.81. The van der Waals surface area contributed by atoms with Crippen LogP contribution in [0.5, 0.6) is 0 Å². The van der Waals surface area contributed by atoms with Crippen LogP contribution in [0.4, 0.5) is 5.82 Å². The van der Waals surface area contributed by atoms with Crippen LogP contribution in [0.3, 0.4) is 0 Å². The van der Waals surface area contributed by atoms with Gasteiger partial charge in [0.25, 0.3) is 0 Å². The van der Waals surface area contributed by atoms with Crippen LogP contribution < -0.4 is 4.90 Å². The van der Waals surface area contributed by atoms with Gasteiger partial charge < -0.3 is 14.4 Å². The number of hydrogen-bond donors (Lipinski definition) is 0. The van der Waals surface area contributed by atoms with Gasteiger partial charge >= 0.3 is 0 Å². The van der Waals surface area contributed by atoms with Crippen LogP contribution in [0, 0.1) is 0 Å². The van der Waals surface area contributed by atoms with Crippen molar-refractivity contribution in [2.45, 2.75) is 31.2 Å². The Morgan fingerprint density at radius 3 is 3.08 bits per heavy atom. The maximum Gasteiger partial charge on any atom is 0.177 e. The highest BCUT2D eigenvalue weighted by molar-refractivity contribution is 5.48. The van der Waals surface area contributed by atoms with Crippen molar-refractivity contribution in [1.29, 1.82) is 0 Å². The Labute approximate surface area is 150 Å². The number of pyridine rings is 1. The highest BCUT2D eigenvalue weighted by Gasteiger charge is 2.48. The van der Waals surface area contributed by atoms with Gasteiger partial charge in [0, 0.05) is 19.2 Å². The van der Waals surface area contributed by atoms with Crippen LogP contribution in [-0.4, -0.2) is 56.2 Å². The van der Waals surface area contributed by atoms with Crippen molar-refractivity contribution < 1.29 is 9.47 Å². The van der Waals surface area contributed by atoms with E-state index in [-0.39, 0.29) is 11.7 Å². The molecular formula is C18H20N6O2. The normalized spacial score (nSPS) is 21.8. The van der Waals surface area contributed by atoms with E-state index in [1.807, 2.05) is 30.3 Å². The summed E-state index contributed by atoms with van der Waals surface area (Å²) in [4.78, 5) is 6.54. The Bertz CT molecular complexity index is 893. The summed E-state index contributed by atoms with van der Waals surface area (Å²) < 4.78 is 13.9. The minimum Gasteiger partial charge on any atom is -0.372 e. The molecule has 3 aromatic rings. The Kier molecular flexibility index (Phi) is 3.79. The third-order valence-electron chi connectivity index (χ3n) is 5.07. The molecule has 134 valence electrons. The summed E-state index contributed by atoms with van der Waals surface area (Å²) in [6.07, 6.45) is 5.46. The van der Waals surface area contributed by atoms with Gasteiger partial charge in [-0.15, -0.1) is 15.3 Å². The molecule has 2 aliphatic rings. The molecule has 0 bridgehead atoms. The molecule has 1 atom stereocenters. The lowest BCUT2D eigenvalue weighted by Crippen LogP contribution is -2.66. The minimum atomic E-state index is -0.128. The molecule has 0 amide bonds. The summed E-state index contributed by atoms with van der Waals surface area (Å²) in [5.41, 5.74) is 1.59. The van der Waals surface area contributed by atoms with E-state index in [4.69, 9.17) is 9.47 Å². The predicted molar refractivity (Wildman–Crippen MR) is 93.7 cm³/mol. The van der Waals surface area contributed by atoms with E-state index in [1.165, 1.54) is 0 Å². The molecule has 5 rings (SSSR count). The summed E-state index contributed by atoms with van der Waals surface area (Å²) >= 11 is 0. The third kappa shape index (κ3) is 2.91. The summed E-state index contributed by atoms with van der Waals surface area (Å²) in [7, 11) is 0. The number of rotatable bonds is 4. The first-order valence-electron chi connectivity index (χ1n) is 8.87. The molecule has 3 aromatic heterocycles. The van der Waals surface area contributed by atoms with Crippen molar-refractivity contribution in [2.24, 2.45) is 0 Å².